The number of aldehydes is 1. The Bertz CT molecular complexity index is 162. The van der Waals surface area contributed by atoms with Crippen LogP contribution in [0.5, 0.6) is 0 Å². The van der Waals surface area contributed by atoms with E-state index in [2.05, 4.69) is 0 Å². The molecular formula is C8H11NO. The lowest BCUT2D eigenvalue weighted by Crippen LogP contribution is -2.01. The van der Waals surface area contributed by atoms with Gasteiger partial charge in [-0.15, -0.1) is 0 Å². The Morgan fingerprint density at radius 3 is 2.20 bits per heavy atom. The molecule has 10 heavy (non-hydrogen) atoms. The molecule has 0 aromatic heterocycles. The predicted octanol–water partition coefficient (Wildman–Crippen LogP) is 1.71. The molecule has 0 aromatic rings. The van der Waals surface area contributed by atoms with Crippen molar-refractivity contribution in [3.8, 4) is 0 Å². The molecular weight excluding hydrogens is 126 g/mol. The van der Waals surface area contributed by atoms with Crippen LogP contribution in [-0.2, 0) is 4.79 Å². The molecule has 0 radical (unpaired) electrons. The molecule has 0 unspecified atom stereocenters. The van der Waals surface area contributed by atoms with Gasteiger partial charge < -0.3 is 5.41 Å². The second kappa shape index (κ2) is 3.30. The van der Waals surface area contributed by atoms with Crippen LogP contribution in [0, 0.1) is 5.41 Å². The Labute approximate surface area is 60.4 Å². The molecule has 0 aromatic carbocycles. The van der Waals surface area contributed by atoms with E-state index >= 15 is 0 Å². The first kappa shape index (κ1) is 7.19. The summed E-state index contributed by atoms with van der Waals surface area (Å²) in [5, 5.41) is 6.99. The van der Waals surface area contributed by atoms with Gasteiger partial charge in [0.15, 0.2) is 0 Å². The monoisotopic (exact) mass is 137 g/mol. The molecule has 0 spiro atoms. The molecule has 0 heterocycles. The van der Waals surface area contributed by atoms with E-state index in [1.807, 2.05) is 0 Å². The highest BCUT2D eigenvalue weighted by Gasteiger charge is 2.08. The predicted molar refractivity (Wildman–Crippen MR) is 40.3 cm³/mol. The molecule has 0 atom stereocenters. The fourth-order valence-electron chi connectivity index (χ4n) is 1.25. The van der Waals surface area contributed by atoms with Gasteiger partial charge in [-0.3, -0.25) is 4.79 Å². The van der Waals surface area contributed by atoms with Crippen LogP contribution in [0.1, 0.15) is 25.7 Å². The molecule has 0 saturated carbocycles. The maximum absolute atomic E-state index is 10.4. The van der Waals surface area contributed by atoms with E-state index in [4.69, 9.17) is 5.41 Å². The van der Waals surface area contributed by atoms with Crippen LogP contribution < -0.4 is 0 Å². The SMILES string of the molecule is N=CC1=C(C=O)CCCC1. The third kappa shape index (κ3) is 1.32. The Morgan fingerprint density at radius 2 is 1.80 bits per heavy atom. The summed E-state index contributed by atoms with van der Waals surface area (Å²) in [5.41, 5.74) is 1.77. The smallest absolute Gasteiger partial charge is 0.146 e. The molecule has 0 bridgehead atoms. The van der Waals surface area contributed by atoms with Gasteiger partial charge in [0.1, 0.15) is 6.29 Å². The van der Waals surface area contributed by atoms with Crippen molar-refractivity contribution in [3.63, 3.8) is 0 Å². The summed E-state index contributed by atoms with van der Waals surface area (Å²) in [6.07, 6.45) is 6.21. The molecule has 1 aliphatic rings. The number of hydrogen-bond donors (Lipinski definition) is 1. The van der Waals surface area contributed by atoms with E-state index < -0.39 is 0 Å². The van der Waals surface area contributed by atoms with Crippen LogP contribution in [0.3, 0.4) is 0 Å². The van der Waals surface area contributed by atoms with Crippen LogP contribution in [0.15, 0.2) is 11.1 Å². The topological polar surface area (TPSA) is 40.9 Å². The number of nitrogens with one attached hydrogen (secondary N) is 1. The summed E-state index contributed by atoms with van der Waals surface area (Å²) in [4.78, 5) is 10.4. The molecule has 0 fully saturated rings. The van der Waals surface area contributed by atoms with Crippen molar-refractivity contribution >= 4 is 12.5 Å². The van der Waals surface area contributed by atoms with Gasteiger partial charge >= 0.3 is 0 Å². The van der Waals surface area contributed by atoms with Gasteiger partial charge in [0.2, 0.25) is 0 Å². The number of hydrogen-bond acceptors (Lipinski definition) is 2. The van der Waals surface area contributed by atoms with Gasteiger partial charge in [-0.1, -0.05) is 0 Å². The van der Waals surface area contributed by atoms with Gasteiger partial charge in [0.05, 0.1) is 0 Å². The Kier molecular flexibility index (Phi) is 2.37. The fourth-order valence-corrected chi connectivity index (χ4v) is 1.25. The van der Waals surface area contributed by atoms with E-state index in [1.54, 1.807) is 0 Å². The molecule has 1 rings (SSSR count). The first-order valence-corrected chi connectivity index (χ1v) is 3.56. The first-order chi connectivity index (χ1) is 4.88. The number of rotatable bonds is 2. The van der Waals surface area contributed by atoms with E-state index in [9.17, 15) is 4.79 Å². The third-order valence-corrected chi connectivity index (χ3v) is 1.87. The lowest BCUT2D eigenvalue weighted by Gasteiger charge is -2.11. The maximum atomic E-state index is 10.4. The second-order valence-electron chi connectivity index (χ2n) is 2.52. The Morgan fingerprint density at radius 1 is 1.20 bits per heavy atom. The number of allylic oxidation sites excluding steroid dienone is 2. The van der Waals surface area contributed by atoms with Crippen LogP contribution in [0.2, 0.25) is 0 Å². The summed E-state index contributed by atoms with van der Waals surface area (Å²) in [5.74, 6) is 0. The van der Waals surface area contributed by atoms with Crippen molar-refractivity contribution in [2.75, 3.05) is 0 Å². The normalized spacial score (nSPS) is 18.8. The Balaban J connectivity index is 2.81. The van der Waals surface area contributed by atoms with E-state index in [1.165, 1.54) is 6.21 Å². The zero-order valence-electron chi connectivity index (χ0n) is 5.89. The molecule has 2 nitrogen and oxygen atoms in total. The van der Waals surface area contributed by atoms with Crippen molar-refractivity contribution < 1.29 is 4.79 Å². The van der Waals surface area contributed by atoms with Crippen molar-refractivity contribution in [1.82, 2.24) is 0 Å². The largest absolute Gasteiger partial charge is 0.308 e. The van der Waals surface area contributed by atoms with Crippen molar-refractivity contribution in [1.29, 1.82) is 5.41 Å². The van der Waals surface area contributed by atoms with Gasteiger partial charge in [-0.05, 0) is 36.8 Å². The standard InChI is InChI=1S/C8H11NO/c9-5-7-3-1-2-4-8(7)6-10/h5-6,9H,1-4H2. The van der Waals surface area contributed by atoms with Gasteiger partial charge in [0.25, 0.3) is 0 Å². The van der Waals surface area contributed by atoms with E-state index in [0.717, 1.165) is 43.1 Å². The summed E-state index contributed by atoms with van der Waals surface area (Å²) < 4.78 is 0. The quantitative estimate of drug-likeness (QED) is 0.456. The lowest BCUT2D eigenvalue weighted by molar-refractivity contribution is -0.105. The average Bonchev–Trinajstić information content (AvgIpc) is 2.04. The number of carbonyl (C=O) groups excluding carboxylic acids is 1. The van der Waals surface area contributed by atoms with Crippen LogP contribution in [-0.4, -0.2) is 12.5 Å². The molecule has 54 valence electrons. The third-order valence-electron chi connectivity index (χ3n) is 1.87. The molecule has 0 saturated heterocycles. The summed E-state index contributed by atoms with van der Waals surface area (Å²) >= 11 is 0. The molecule has 1 aliphatic carbocycles. The molecule has 2 heteroatoms. The summed E-state index contributed by atoms with van der Waals surface area (Å²) in [6.45, 7) is 0. The lowest BCUT2D eigenvalue weighted by atomic mass is 9.93. The van der Waals surface area contributed by atoms with Crippen molar-refractivity contribution in [2.45, 2.75) is 25.7 Å². The van der Waals surface area contributed by atoms with E-state index in [0.29, 0.717) is 0 Å². The molecule has 0 amide bonds. The van der Waals surface area contributed by atoms with E-state index in [-0.39, 0.29) is 0 Å². The highest BCUT2D eigenvalue weighted by atomic mass is 16.1. The van der Waals surface area contributed by atoms with Crippen molar-refractivity contribution in [2.24, 2.45) is 0 Å². The first-order valence-electron chi connectivity index (χ1n) is 3.56. The van der Waals surface area contributed by atoms with Crippen LogP contribution in [0.4, 0.5) is 0 Å². The highest BCUT2D eigenvalue weighted by Crippen LogP contribution is 2.21. The highest BCUT2D eigenvalue weighted by molar-refractivity contribution is 5.88. The van der Waals surface area contributed by atoms with Gasteiger partial charge in [-0.25, -0.2) is 0 Å². The van der Waals surface area contributed by atoms with Crippen molar-refractivity contribution in [3.05, 3.63) is 11.1 Å². The van der Waals surface area contributed by atoms with Gasteiger partial charge in [-0.2, -0.15) is 0 Å². The minimum Gasteiger partial charge on any atom is -0.308 e. The van der Waals surface area contributed by atoms with Gasteiger partial charge in [0, 0.05) is 6.21 Å². The summed E-state index contributed by atoms with van der Waals surface area (Å²) in [7, 11) is 0. The zero-order valence-corrected chi connectivity index (χ0v) is 5.89. The fraction of sp³-hybridized carbons (Fsp3) is 0.500. The molecule has 0 aliphatic heterocycles. The maximum Gasteiger partial charge on any atom is 0.146 e. The Hall–Kier alpha value is -0.920. The zero-order chi connectivity index (χ0) is 7.40. The minimum atomic E-state index is 0.834. The van der Waals surface area contributed by atoms with Crippen LogP contribution >= 0.6 is 0 Å². The van der Waals surface area contributed by atoms with Crippen LogP contribution in [0.25, 0.3) is 0 Å². The minimum absolute atomic E-state index is 0.834. The molecule has 1 N–H and O–H groups in total. The average molecular weight is 137 g/mol. The number of carbonyl (C=O) groups is 1. The second-order valence-corrected chi connectivity index (χ2v) is 2.52. The summed E-state index contributed by atoms with van der Waals surface area (Å²) in [6, 6.07) is 0.